The van der Waals surface area contributed by atoms with E-state index in [1.807, 2.05) is 0 Å². The van der Waals surface area contributed by atoms with E-state index in [9.17, 15) is 19.2 Å². The molecule has 2 N–H and O–H groups in total. The Kier molecular flexibility index (Phi) is 9.48. The first-order chi connectivity index (χ1) is 21.6. The molecule has 3 aromatic rings. The summed E-state index contributed by atoms with van der Waals surface area (Å²) >= 11 is 2.80. The zero-order chi connectivity index (χ0) is 33.6. The van der Waals surface area contributed by atoms with E-state index in [1.54, 1.807) is 6.07 Å². The van der Waals surface area contributed by atoms with Gasteiger partial charge < -0.3 is 20.1 Å². The van der Waals surface area contributed by atoms with Crippen LogP contribution in [0.3, 0.4) is 0 Å². The molecule has 11 heteroatoms. The van der Waals surface area contributed by atoms with Crippen molar-refractivity contribution < 1.29 is 28.7 Å². The van der Waals surface area contributed by atoms with Crippen molar-refractivity contribution in [1.82, 2.24) is 4.98 Å². The van der Waals surface area contributed by atoms with E-state index in [-0.39, 0.29) is 22.2 Å². The number of rotatable bonds is 6. The van der Waals surface area contributed by atoms with Gasteiger partial charge in [-0.1, -0.05) is 47.6 Å². The standard InChI is InChI=1S/C35H43N3O6S2/c1-34(2,3)18-12-14-20-24(16-18)45-30(26(20)32(41)43-7)37-28(39)22-10-9-11-23(36-22)29(40)38-31-27(33(42)44-8)21-15-13-19(35(4,5)6)17-25(21)46-31/h9-11,18-19H,12-17H2,1-8H3,(H,37,39)(H,38,40). The summed E-state index contributed by atoms with van der Waals surface area (Å²) in [5.41, 5.74) is 2.94. The van der Waals surface area contributed by atoms with Crippen LogP contribution >= 0.6 is 22.7 Å². The second-order valence-corrected chi connectivity index (χ2v) is 16.5. The quantitative estimate of drug-likeness (QED) is 0.260. The molecular weight excluding hydrogens is 623 g/mol. The van der Waals surface area contributed by atoms with Crippen molar-refractivity contribution in [2.75, 3.05) is 24.9 Å². The van der Waals surface area contributed by atoms with Gasteiger partial charge in [-0.3, -0.25) is 9.59 Å². The normalized spacial score (nSPS) is 17.8. The number of hydrogen-bond acceptors (Lipinski definition) is 9. The van der Waals surface area contributed by atoms with Crippen molar-refractivity contribution in [3.05, 3.63) is 61.6 Å². The molecule has 0 bridgehead atoms. The minimum Gasteiger partial charge on any atom is -0.465 e. The number of nitrogens with one attached hydrogen (secondary N) is 2. The number of carbonyl (C=O) groups is 4. The molecule has 5 rings (SSSR count). The van der Waals surface area contributed by atoms with Crippen molar-refractivity contribution >= 4 is 56.4 Å². The summed E-state index contributed by atoms with van der Waals surface area (Å²) in [6, 6.07) is 4.62. The van der Waals surface area contributed by atoms with E-state index in [4.69, 9.17) is 9.47 Å². The van der Waals surface area contributed by atoms with Crippen LogP contribution in [0, 0.1) is 22.7 Å². The Balaban J connectivity index is 1.38. The van der Waals surface area contributed by atoms with Gasteiger partial charge in [0.25, 0.3) is 11.8 Å². The summed E-state index contributed by atoms with van der Waals surface area (Å²) in [6.07, 6.45) is 5.02. The van der Waals surface area contributed by atoms with E-state index in [0.29, 0.717) is 33.0 Å². The lowest BCUT2D eigenvalue weighted by molar-refractivity contribution is 0.0591. The van der Waals surface area contributed by atoms with Gasteiger partial charge in [0.05, 0.1) is 25.3 Å². The Bertz CT molecular complexity index is 1570. The predicted octanol–water partition coefficient (Wildman–Crippen LogP) is 7.58. The van der Waals surface area contributed by atoms with Crippen molar-refractivity contribution in [2.24, 2.45) is 22.7 Å². The SMILES string of the molecule is COC(=O)c1c(NC(=O)c2cccc(C(=O)Nc3sc4c(c3C(=O)OC)CCC(C(C)(C)C)C4)n2)sc2c1CCC(C(C)(C)C)C2. The Morgan fingerprint density at radius 1 is 0.717 bits per heavy atom. The summed E-state index contributed by atoms with van der Waals surface area (Å²) in [5.74, 6) is -1.15. The molecule has 0 fully saturated rings. The molecule has 0 spiro atoms. The highest BCUT2D eigenvalue weighted by molar-refractivity contribution is 7.17. The van der Waals surface area contributed by atoms with Crippen LogP contribution < -0.4 is 10.6 Å². The zero-order valence-corrected chi connectivity index (χ0v) is 29.5. The first-order valence-corrected chi connectivity index (χ1v) is 17.3. The molecule has 0 saturated carbocycles. The number of fused-ring (bicyclic) bond motifs is 2. The summed E-state index contributed by atoms with van der Waals surface area (Å²) < 4.78 is 10.2. The third kappa shape index (κ3) is 6.76. The summed E-state index contributed by atoms with van der Waals surface area (Å²) in [4.78, 5) is 59.1. The Morgan fingerprint density at radius 3 is 1.46 bits per heavy atom. The fraction of sp³-hybridized carbons (Fsp3) is 0.514. The van der Waals surface area contributed by atoms with Crippen molar-refractivity contribution in [2.45, 2.75) is 80.1 Å². The molecule has 0 aromatic carbocycles. The monoisotopic (exact) mass is 665 g/mol. The van der Waals surface area contributed by atoms with Gasteiger partial charge in [-0.05, 0) is 84.5 Å². The van der Waals surface area contributed by atoms with Gasteiger partial charge in [0.1, 0.15) is 21.4 Å². The molecular formula is C35H43N3O6S2. The molecule has 2 unspecified atom stereocenters. The number of amides is 2. The number of methoxy groups -OCH3 is 2. The lowest BCUT2D eigenvalue weighted by Gasteiger charge is -2.33. The highest BCUT2D eigenvalue weighted by Gasteiger charge is 2.36. The highest BCUT2D eigenvalue weighted by Crippen LogP contribution is 2.46. The largest absolute Gasteiger partial charge is 0.465 e. The van der Waals surface area contributed by atoms with Crippen LogP contribution in [0.15, 0.2) is 18.2 Å². The van der Waals surface area contributed by atoms with Crippen molar-refractivity contribution in [1.29, 1.82) is 0 Å². The number of aromatic nitrogens is 1. The summed E-state index contributed by atoms with van der Waals surface area (Å²) in [5, 5.41) is 6.60. The first kappa shape index (κ1) is 33.8. The number of anilines is 2. The number of carbonyl (C=O) groups excluding carboxylic acids is 4. The second-order valence-electron chi connectivity index (χ2n) is 14.3. The lowest BCUT2D eigenvalue weighted by atomic mass is 9.72. The van der Waals surface area contributed by atoms with Crippen molar-refractivity contribution in [3.8, 4) is 0 Å². The molecule has 0 aliphatic heterocycles. The summed E-state index contributed by atoms with van der Waals surface area (Å²) in [7, 11) is 2.67. The van der Waals surface area contributed by atoms with Crippen LogP contribution in [0.1, 0.15) is 117 Å². The summed E-state index contributed by atoms with van der Waals surface area (Å²) in [6.45, 7) is 13.3. The molecule has 2 atom stereocenters. The Morgan fingerprint density at radius 2 is 1.11 bits per heavy atom. The number of thiophene rings is 2. The number of ether oxygens (including phenoxy) is 2. The fourth-order valence-corrected chi connectivity index (χ4v) is 9.11. The molecule has 2 amide bonds. The molecule has 2 aliphatic rings. The molecule has 0 radical (unpaired) electrons. The van der Waals surface area contributed by atoms with E-state index in [1.165, 1.54) is 49.0 Å². The van der Waals surface area contributed by atoms with E-state index >= 15 is 0 Å². The molecule has 3 heterocycles. The number of esters is 2. The average Bonchev–Trinajstić information content (AvgIpc) is 3.55. The Hall–Kier alpha value is -3.57. The first-order valence-electron chi connectivity index (χ1n) is 15.7. The van der Waals surface area contributed by atoms with Gasteiger partial charge in [0.15, 0.2) is 0 Å². The maximum atomic E-state index is 13.5. The molecule has 46 heavy (non-hydrogen) atoms. The fourth-order valence-electron chi connectivity index (χ4n) is 6.48. The predicted molar refractivity (Wildman–Crippen MR) is 181 cm³/mol. The van der Waals surface area contributed by atoms with Crippen LogP contribution in [0.25, 0.3) is 0 Å². The number of nitrogens with zero attached hydrogens (tertiary/aromatic N) is 1. The van der Waals surface area contributed by atoms with Crippen LogP contribution in [-0.4, -0.2) is 43.0 Å². The number of pyridine rings is 1. The minimum absolute atomic E-state index is 0.0223. The van der Waals surface area contributed by atoms with Crippen LogP contribution in [-0.2, 0) is 35.2 Å². The third-order valence-electron chi connectivity index (χ3n) is 9.43. The Labute approximate surface area is 278 Å². The number of hydrogen-bond donors (Lipinski definition) is 2. The molecule has 2 aliphatic carbocycles. The van der Waals surface area contributed by atoms with Gasteiger partial charge in [-0.25, -0.2) is 14.6 Å². The van der Waals surface area contributed by atoms with E-state index in [0.717, 1.165) is 59.4 Å². The minimum atomic E-state index is -0.541. The average molecular weight is 666 g/mol. The van der Waals surface area contributed by atoms with Gasteiger partial charge in [-0.15, -0.1) is 22.7 Å². The maximum absolute atomic E-state index is 13.5. The lowest BCUT2D eigenvalue weighted by Crippen LogP contribution is -2.26. The molecule has 246 valence electrons. The van der Waals surface area contributed by atoms with Gasteiger partial charge >= 0.3 is 11.9 Å². The third-order valence-corrected chi connectivity index (χ3v) is 11.8. The van der Waals surface area contributed by atoms with Crippen LogP contribution in [0.5, 0.6) is 0 Å². The maximum Gasteiger partial charge on any atom is 0.341 e. The zero-order valence-electron chi connectivity index (χ0n) is 27.8. The van der Waals surface area contributed by atoms with Crippen molar-refractivity contribution in [3.63, 3.8) is 0 Å². The van der Waals surface area contributed by atoms with E-state index < -0.39 is 23.8 Å². The van der Waals surface area contributed by atoms with E-state index in [2.05, 4.69) is 57.2 Å². The van der Waals surface area contributed by atoms with Gasteiger partial charge in [0.2, 0.25) is 0 Å². The molecule has 3 aromatic heterocycles. The van der Waals surface area contributed by atoms with Gasteiger partial charge in [0, 0.05) is 9.75 Å². The van der Waals surface area contributed by atoms with Crippen LogP contribution in [0.2, 0.25) is 0 Å². The smallest absolute Gasteiger partial charge is 0.341 e. The molecule has 0 saturated heterocycles. The topological polar surface area (TPSA) is 124 Å². The molecule has 9 nitrogen and oxygen atoms in total. The highest BCUT2D eigenvalue weighted by atomic mass is 32.1. The second kappa shape index (κ2) is 12.9. The van der Waals surface area contributed by atoms with Gasteiger partial charge in [-0.2, -0.15) is 0 Å². The van der Waals surface area contributed by atoms with Crippen LogP contribution in [0.4, 0.5) is 10.0 Å².